The Labute approximate surface area is 192 Å². The average Bonchev–Trinajstić information content (AvgIpc) is 3.18. The third-order valence-corrected chi connectivity index (χ3v) is 7.15. The summed E-state index contributed by atoms with van der Waals surface area (Å²) in [7, 11) is 0. The van der Waals surface area contributed by atoms with Crippen LogP contribution in [0.1, 0.15) is 48.9 Å². The number of nitrogens with zero attached hydrogens (tertiary/aromatic N) is 3. The molecule has 1 spiro atoms. The minimum atomic E-state index is -0.586. The quantitative estimate of drug-likeness (QED) is 0.463. The first-order valence-electron chi connectivity index (χ1n) is 11.4. The zero-order valence-electron chi connectivity index (χ0n) is 18.6. The van der Waals surface area contributed by atoms with Gasteiger partial charge in [0.15, 0.2) is 0 Å². The van der Waals surface area contributed by atoms with Crippen molar-refractivity contribution in [2.24, 2.45) is 17.1 Å². The molecule has 6 heteroatoms. The number of carboxylic acids is 1. The lowest BCUT2D eigenvalue weighted by Crippen LogP contribution is -2.45. The van der Waals surface area contributed by atoms with Crippen LogP contribution in [0.15, 0.2) is 67.6 Å². The van der Waals surface area contributed by atoms with E-state index < -0.39 is 5.97 Å². The molecule has 1 aromatic carbocycles. The topological polar surface area (TPSA) is 93.5 Å². The second-order valence-electron chi connectivity index (χ2n) is 9.41. The number of carbonyl (C=O) groups is 1. The van der Waals surface area contributed by atoms with Crippen molar-refractivity contribution in [2.75, 3.05) is 0 Å². The van der Waals surface area contributed by atoms with Crippen molar-refractivity contribution in [1.29, 1.82) is 0 Å². The first kappa shape index (κ1) is 21.2. The Kier molecular flexibility index (Phi) is 5.36. The van der Waals surface area contributed by atoms with E-state index in [0.717, 1.165) is 47.0 Å². The van der Waals surface area contributed by atoms with E-state index in [9.17, 15) is 4.79 Å². The van der Waals surface area contributed by atoms with Crippen LogP contribution in [0.3, 0.4) is 0 Å². The maximum Gasteiger partial charge on any atom is 0.306 e. The molecule has 168 valence electrons. The Morgan fingerprint density at radius 3 is 2.58 bits per heavy atom. The molecule has 0 aliphatic heterocycles. The van der Waals surface area contributed by atoms with Crippen LogP contribution in [-0.4, -0.2) is 25.7 Å². The van der Waals surface area contributed by atoms with E-state index in [-0.39, 0.29) is 5.92 Å². The molecule has 3 aromatic heterocycles. The molecule has 6 rings (SSSR count). The van der Waals surface area contributed by atoms with E-state index in [1.165, 1.54) is 24.6 Å². The molecule has 33 heavy (non-hydrogen) atoms. The summed E-state index contributed by atoms with van der Waals surface area (Å²) in [6, 6.07) is 14.4. The van der Waals surface area contributed by atoms with Gasteiger partial charge < -0.3 is 10.8 Å². The maximum absolute atomic E-state index is 10.4. The van der Waals surface area contributed by atoms with Crippen LogP contribution in [0.25, 0.3) is 22.0 Å². The summed E-state index contributed by atoms with van der Waals surface area (Å²) in [4.78, 5) is 15.0. The number of aliphatic carboxylic acids is 1. The largest absolute Gasteiger partial charge is 0.481 e. The van der Waals surface area contributed by atoms with Gasteiger partial charge in [-0.25, -0.2) is 4.52 Å². The molecule has 0 saturated heterocycles. The molecule has 2 saturated carbocycles. The van der Waals surface area contributed by atoms with Gasteiger partial charge in [0.1, 0.15) is 0 Å². The molecule has 2 aliphatic carbocycles. The number of hydrogen-bond donors (Lipinski definition) is 2. The maximum atomic E-state index is 10.4. The minimum Gasteiger partial charge on any atom is -0.481 e. The van der Waals surface area contributed by atoms with Crippen molar-refractivity contribution in [3.8, 4) is 0 Å². The van der Waals surface area contributed by atoms with Crippen molar-refractivity contribution >= 4 is 28.0 Å². The monoisotopic (exact) mass is 440 g/mol. The summed E-state index contributed by atoms with van der Waals surface area (Å²) in [5.41, 5.74) is 11.0. The normalized spacial score (nSPS) is 16.6. The molecule has 0 radical (unpaired) electrons. The molecular formula is C27H28N4O2. The number of aromatic nitrogens is 3. The number of pyridine rings is 2. The lowest BCUT2D eigenvalue weighted by molar-refractivity contribution is -0.154. The van der Waals surface area contributed by atoms with Gasteiger partial charge in [0.25, 0.3) is 0 Å². The predicted octanol–water partition coefficient (Wildman–Crippen LogP) is 5.05. The van der Waals surface area contributed by atoms with Crippen LogP contribution in [0, 0.1) is 11.3 Å². The summed E-state index contributed by atoms with van der Waals surface area (Å²) in [6.07, 6.45) is 12.1. The van der Waals surface area contributed by atoms with Gasteiger partial charge in [-0.05, 0) is 54.2 Å². The highest BCUT2D eigenvalue weighted by atomic mass is 16.4. The van der Waals surface area contributed by atoms with Gasteiger partial charge >= 0.3 is 5.97 Å². The molecule has 0 amide bonds. The third kappa shape index (κ3) is 4.09. The fourth-order valence-corrected chi connectivity index (χ4v) is 5.16. The Hall–Kier alpha value is -3.67. The van der Waals surface area contributed by atoms with E-state index in [1.54, 1.807) is 6.20 Å². The van der Waals surface area contributed by atoms with Crippen LogP contribution in [-0.2, 0) is 11.2 Å². The van der Waals surface area contributed by atoms with E-state index >= 15 is 0 Å². The van der Waals surface area contributed by atoms with Crippen molar-refractivity contribution in [1.82, 2.24) is 14.6 Å². The molecule has 0 atom stereocenters. The molecule has 2 aliphatic rings. The number of fused-ring (bicyclic) bond motifs is 2. The summed E-state index contributed by atoms with van der Waals surface area (Å²) in [6.45, 7) is 3.85. The van der Waals surface area contributed by atoms with Crippen LogP contribution in [0.4, 0.5) is 0 Å². The van der Waals surface area contributed by atoms with Crippen LogP contribution >= 0.6 is 0 Å². The molecule has 2 fully saturated rings. The smallest absolute Gasteiger partial charge is 0.306 e. The fourth-order valence-electron chi connectivity index (χ4n) is 5.16. The van der Waals surface area contributed by atoms with Crippen LogP contribution < -0.4 is 5.73 Å². The van der Waals surface area contributed by atoms with Gasteiger partial charge in [-0.2, -0.15) is 5.10 Å². The van der Waals surface area contributed by atoms with E-state index in [0.29, 0.717) is 11.1 Å². The highest BCUT2D eigenvalue weighted by molar-refractivity contribution is 5.82. The summed E-state index contributed by atoms with van der Waals surface area (Å²) in [5.74, 6) is -0.585. The SMILES string of the molecule is C=C(N)c1cnn2cccc(Cc3cc4ccccc4cn3)c12.O=C(O)C1CC2(CCC2)C1. The lowest BCUT2D eigenvalue weighted by Gasteiger charge is -2.52. The van der Waals surface area contributed by atoms with Gasteiger partial charge in [0.2, 0.25) is 0 Å². The van der Waals surface area contributed by atoms with E-state index in [1.807, 2.05) is 35.1 Å². The van der Waals surface area contributed by atoms with Gasteiger partial charge in [0, 0.05) is 41.2 Å². The van der Waals surface area contributed by atoms with Gasteiger partial charge in [-0.1, -0.05) is 43.3 Å². The van der Waals surface area contributed by atoms with Crippen molar-refractivity contribution in [2.45, 2.75) is 38.5 Å². The number of hydrogen-bond acceptors (Lipinski definition) is 4. The Morgan fingerprint density at radius 1 is 1.15 bits per heavy atom. The number of rotatable bonds is 4. The molecular weight excluding hydrogens is 412 g/mol. The first-order valence-corrected chi connectivity index (χ1v) is 11.4. The van der Waals surface area contributed by atoms with Gasteiger partial charge in [-0.15, -0.1) is 0 Å². The molecule has 0 unspecified atom stereocenters. The van der Waals surface area contributed by atoms with Gasteiger partial charge in [-0.3, -0.25) is 9.78 Å². The van der Waals surface area contributed by atoms with Crippen molar-refractivity contribution < 1.29 is 9.90 Å². The number of nitrogens with two attached hydrogens (primary N) is 1. The third-order valence-electron chi connectivity index (χ3n) is 7.15. The number of carboxylic acid groups (broad SMARTS) is 1. The van der Waals surface area contributed by atoms with Crippen molar-refractivity contribution in [3.63, 3.8) is 0 Å². The molecule has 0 bridgehead atoms. The highest BCUT2D eigenvalue weighted by Gasteiger charge is 2.50. The summed E-state index contributed by atoms with van der Waals surface area (Å²) >= 11 is 0. The van der Waals surface area contributed by atoms with Crippen molar-refractivity contribution in [3.05, 3.63) is 84.5 Å². The summed E-state index contributed by atoms with van der Waals surface area (Å²) in [5, 5.41) is 15.3. The van der Waals surface area contributed by atoms with E-state index in [2.05, 4.69) is 40.9 Å². The van der Waals surface area contributed by atoms with Crippen LogP contribution in [0.5, 0.6) is 0 Å². The fraction of sp³-hybridized carbons (Fsp3) is 0.296. The van der Waals surface area contributed by atoms with E-state index in [4.69, 9.17) is 10.8 Å². The Bertz CT molecular complexity index is 1340. The standard InChI is InChI=1S/C19H16N4.C8H12O2/c1-13(20)18-12-22-23-8-4-7-15(19(18)23)10-17-9-14-5-2-3-6-16(14)11-21-17;9-7(10)6-4-8(5-6)2-1-3-8/h2-9,11-12H,1,10,20H2;6H,1-5H2,(H,9,10). The molecule has 6 nitrogen and oxygen atoms in total. The molecule has 4 aromatic rings. The average molecular weight is 441 g/mol. The zero-order valence-corrected chi connectivity index (χ0v) is 18.6. The molecule has 3 N–H and O–H groups in total. The Balaban J connectivity index is 0.000000190. The van der Waals surface area contributed by atoms with Gasteiger partial charge in [0.05, 0.1) is 17.6 Å². The Morgan fingerprint density at radius 2 is 1.91 bits per heavy atom. The highest BCUT2D eigenvalue weighted by Crippen LogP contribution is 2.58. The molecule has 3 heterocycles. The summed E-state index contributed by atoms with van der Waals surface area (Å²) < 4.78 is 1.84. The number of benzene rings is 1. The zero-order chi connectivity index (χ0) is 23.0. The minimum absolute atomic E-state index is 0.000278. The second kappa shape index (κ2) is 8.35. The predicted molar refractivity (Wildman–Crippen MR) is 130 cm³/mol. The van der Waals surface area contributed by atoms with Crippen LogP contribution in [0.2, 0.25) is 0 Å². The first-order chi connectivity index (χ1) is 15.9. The second-order valence-corrected chi connectivity index (χ2v) is 9.41. The lowest BCUT2D eigenvalue weighted by atomic mass is 9.52.